The van der Waals surface area contributed by atoms with Crippen molar-refractivity contribution in [2.24, 2.45) is 10.2 Å². The number of anilines is 2. The Balaban J connectivity index is 1.47. The van der Waals surface area contributed by atoms with E-state index in [-0.39, 0.29) is 21.9 Å². The van der Waals surface area contributed by atoms with Gasteiger partial charge in [0, 0.05) is 28.9 Å². The first-order chi connectivity index (χ1) is 21.2. The number of primary sulfonamides is 1. The van der Waals surface area contributed by atoms with E-state index in [9.17, 15) is 26.4 Å². The molecule has 11 heteroatoms. The predicted octanol–water partition coefficient (Wildman–Crippen LogP) is 6.88. The van der Waals surface area contributed by atoms with E-state index in [2.05, 4.69) is 48.1 Å². The molecule has 45 heavy (non-hydrogen) atoms. The number of carbonyl (C=O) groups excluding carboxylic acids is 1. The Labute approximate surface area is 258 Å². The molecular formula is C34H29F3N4O3S. The van der Waals surface area contributed by atoms with Crippen molar-refractivity contribution in [3.8, 4) is 0 Å². The molecular weight excluding hydrogens is 601 g/mol. The molecule has 2 aliphatic rings. The van der Waals surface area contributed by atoms with Gasteiger partial charge in [0.25, 0.3) is 5.91 Å². The lowest BCUT2D eigenvalue weighted by Crippen LogP contribution is -2.26. The van der Waals surface area contributed by atoms with Crippen molar-refractivity contribution in [3.63, 3.8) is 0 Å². The highest BCUT2D eigenvalue weighted by molar-refractivity contribution is 7.89. The van der Waals surface area contributed by atoms with Crippen molar-refractivity contribution in [2.45, 2.75) is 37.3 Å². The molecule has 0 spiro atoms. The molecule has 7 nitrogen and oxygen atoms in total. The SMILES string of the molecule is CCN1/C(=C/C=C2\C(=O)N(c3ccc(S(N)(=O)=O)cc3)N=C2c2ccc(C(F)(F)F)cc2)C(C)(C)c2c1ccc1ccccc21. The standard InChI is InChI=1S/C34H29F3N4O3S/c1-4-40-28-19-11-21-7-5-6-8-26(21)30(28)33(2,3)29(40)20-18-27-31(22-9-12-23(13-10-22)34(35,36)37)39-41(32(27)42)24-14-16-25(17-15-24)45(38,43)44/h5-20H,4H2,1-3H3,(H2,38,43,44)/b27-18-,29-20+. The second kappa shape index (κ2) is 10.7. The Kier molecular flexibility index (Phi) is 7.21. The molecule has 0 aliphatic carbocycles. The largest absolute Gasteiger partial charge is 0.416 e. The van der Waals surface area contributed by atoms with Gasteiger partial charge in [0.1, 0.15) is 5.71 Å². The van der Waals surface area contributed by atoms with Crippen LogP contribution in [-0.2, 0) is 26.4 Å². The molecule has 230 valence electrons. The van der Waals surface area contributed by atoms with Crippen LogP contribution in [0.5, 0.6) is 0 Å². The van der Waals surface area contributed by atoms with Crippen molar-refractivity contribution in [3.05, 3.63) is 125 Å². The predicted molar refractivity (Wildman–Crippen MR) is 169 cm³/mol. The Hall–Kier alpha value is -4.74. The number of fused-ring (bicyclic) bond motifs is 3. The number of hydrazone groups is 1. The topological polar surface area (TPSA) is 96.1 Å². The van der Waals surface area contributed by atoms with Gasteiger partial charge in [0.05, 0.1) is 21.7 Å². The van der Waals surface area contributed by atoms with Gasteiger partial charge in [-0.1, -0.05) is 56.3 Å². The monoisotopic (exact) mass is 630 g/mol. The number of rotatable bonds is 5. The number of hydrogen-bond donors (Lipinski definition) is 1. The molecule has 1 amide bonds. The minimum Gasteiger partial charge on any atom is -0.344 e. The number of allylic oxidation sites excluding steroid dienone is 3. The summed E-state index contributed by atoms with van der Waals surface area (Å²) in [5, 5.41) is 13.1. The fraction of sp³-hybridized carbons (Fsp3) is 0.176. The molecule has 0 saturated heterocycles. The van der Waals surface area contributed by atoms with Gasteiger partial charge in [0.15, 0.2) is 0 Å². The van der Waals surface area contributed by atoms with Crippen molar-refractivity contribution >= 4 is 43.8 Å². The Morgan fingerprint density at radius 2 is 1.58 bits per heavy atom. The van der Waals surface area contributed by atoms with Crippen LogP contribution in [-0.4, -0.2) is 26.6 Å². The zero-order valence-electron chi connectivity index (χ0n) is 24.6. The molecule has 2 aliphatic heterocycles. The van der Waals surface area contributed by atoms with Gasteiger partial charge in [-0.2, -0.15) is 23.3 Å². The number of likely N-dealkylation sites (N-methyl/N-ethyl adjacent to an activating group) is 1. The van der Waals surface area contributed by atoms with Crippen molar-refractivity contribution in [2.75, 3.05) is 16.5 Å². The third-order valence-electron chi connectivity index (χ3n) is 8.25. The highest BCUT2D eigenvalue weighted by Gasteiger charge is 2.41. The van der Waals surface area contributed by atoms with Crippen LogP contribution in [0.4, 0.5) is 24.5 Å². The molecule has 0 radical (unpaired) electrons. The van der Waals surface area contributed by atoms with Gasteiger partial charge in [-0.3, -0.25) is 4.79 Å². The highest BCUT2D eigenvalue weighted by Crippen LogP contribution is 2.50. The maximum Gasteiger partial charge on any atom is 0.416 e. The van der Waals surface area contributed by atoms with Crippen molar-refractivity contribution in [1.82, 2.24) is 0 Å². The minimum absolute atomic E-state index is 0.138. The Morgan fingerprint density at radius 1 is 0.911 bits per heavy atom. The van der Waals surface area contributed by atoms with Gasteiger partial charge >= 0.3 is 6.18 Å². The molecule has 6 rings (SSSR count). The highest BCUT2D eigenvalue weighted by atomic mass is 32.2. The number of halogens is 3. The van der Waals surface area contributed by atoms with Crippen molar-refractivity contribution in [1.29, 1.82) is 0 Å². The van der Waals surface area contributed by atoms with E-state index in [1.807, 2.05) is 25.1 Å². The fourth-order valence-electron chi connectivity index (χ4n) is 6.09. The zero-order chi connectivity index (χ0) is 32.3. The first-order valence-corrected chi connectivity index (χ1v) is 15.7. The van der Waals surface area contributed by atoms with Crippen LogP contribution in [0.2, 0.25) is 0 Å². The van der Waals surface area contributed by atoms with Gasteiger partial charge in [-0.25, -0.2) is 13.6 Å². The van der Waals surface area contributed by atoms with Gasteiger partial charge in [-0.15, -0.1) is 0 Å². The van der Waals surface area contributed by atoms with Crippen LogP contribution in [0.25, 0.3) is 10.8 Å². The summed E-state index contributed by atoms with van der Waals surface area (Å²) in [7, 11) is -3.97. The molecule has 4 aromatic carbocycles. The van der Waals surface area contributed by atoms with Crippen molar-refractivity contribution < 1.29 is 26.4 Å². The molecule has 0 aromatic heterocycles. The van der Waals surface area contributed by atoms with E-state index in [4.69, 9.17) is 5.14 Å². The fourth-order valence-corrected chi connectivity index (χ4v) is 6.60. The van der Waals surface area contributed by atoms with Crippen LogP contribution in [0, 0.1) is 0 Å². The average Bonchev–Trinajstić information content (AvgIpc) is 3.44. The lowest BCUT2D eigenvalue weighted by molar-refractivity contribution is -0.137. The summed E-state index contributed by atoms with van der Waals surface area (Å²) >= 11 is 0. The summed E-state index contributed by atoms with van der Waals surface area (Å²) in [4.78, 5) is 15.9. The third-order valence-corrected chi connectivity index (χ3v) is 9.18. The quantitative estimate of drug-likeness (QED) is 0.243. The van der Waals surface area contributed by atoms with E-state index < -0.39 is 33.1 Å². The summed E-state index contributed by atoms with van der Waals surface area (Å²) in [5.74, 6) is -0.521. The summed E-state index contributed by atoms with van der Waals surface area (Å²) in [6.07, 6.45) is -0.993. The van der Waals surface area contributed by atoms with Gasteiger partial charge in [-0.05, 0) is 77.9 Å². The molecule has 0 atom stereocenters. The Bertz CT molecular complexity index is 2050. The second-order valence-electron chi connectivity index (χ2n) is 11.4. The van der Waals surface area contributed by atoms with Crippen LogP contribution >= 0.6 is 0 Å². The maximum absolute atomic E-state index is 13.9. The smallest absolute Gasteiger partial charge is 0.344 e. The normalized spacial score (nSPS) is 18.3. The lowest BCUT2D eigenvalue weighted by Gasteiger charge is -2.26. The Morgan fingerprint density at radius 3 is 2.20 bits per heavy atom. The number of benzene rings is 4. The molecule has 0 bridgehead atoms. The third kappa shape index (κ3) is 5.21. The summed E-state index contributed by atoms with van der Waals surface area (Å²) < 4.78 is 63.5. The summed E-state index contributed by atoms with van der Waals surface area (Å²) in [6, 6.07) is 22.1. The first-order valence-electron chi connectivity index (χ1n) is 14.2. The molecule has 0 fully saturated rings. The zero-order valence-corrected chi connectivity index (χ0v) is 25.4. The molecule has 2 N–H and O–H groups in total. The van der Waals surface area contributed by atoms with Crippen LogP contribution in [0.3, 0.4) is 0 Å². The van der Waals surface area contributed by atoms with E-state index in [1.165, 1.54) is 36.4 Å². The van der Waals surface area contributed by atoms with E-state index in [0.717, 1.165) is 44.9 Å². The lowest BCUT2D eigenvalue weighted by atomic mass is 9.81. The van der Waals surface area contributed by atoms with Crippen LogP contribution in [0.1, 0.15) is 37.5 Å². The summed E-state index contributed by atoms with van der Waals surface area (Å²) in [5.41, 5.74) is 2.85. The summed E-state index contributed by atoms with van der Waals surface area (Å²) in [6.45, 7) is 6.96. The van der Waals surface area contributed by atoms with Gasteiger partial charge in [0.2, 0.25) is 10.0 Å². The van der Waals surface area contributed by atoms with Crippen LogP contribution < -0.4 is 15.0 Å². The van der Waals surface area contributed by atoms with Crippen LogP contribution in [0.15, 0.2) is 118 Å². The second-order valence-corrected chi connectivity index (χ2v) is 12.9. The number of amides is 1. The number of nitrogens with two attached hydrogens (primary N) is 1. The van der Waals surface area contributed by atoms with E-state index in [0.29, 0.717) is 12.1 Å². The molecule has 0 unspecified atom stereocenters. The average molecular weight is 631 g/mol. The first kappa shape index (κ1) is 30.3. The number of nitrogens with zero attached hydrogens (tertiary/aromatic N) is 3. The van der Waals surface area contributed by atoms with E-state index >= 15 is 0 Å². The van der Waals surface area contributed by atoms with E-state index in [1.54, 1.807) is 6.08 Å². The molecule has 0 saturated carbocycles. The number of alkyl halides is 3. The number of carbonyl (C=O) groups is 1. The molecule has 4 aromatic rings. The maximum atomic E-state index is 13.9. The number of sulfonamides is 1. The number of hydrogen-bond acceptors (Lipinski definition) is 5. The molecule has 2 heterocycles. The van der Waals surface area contributed by atoms with Gasteiger partial charge < -0.3 is 4.90 Å². The minimum atomic E-state index is -4.52.